The third-order valence-electron chi connectivity index (χ3n) is 15.4. The lowest BCUT2D eigenvalue weighted by molar-refractivity contribution is -0.367. The minimum Gasteiger partial charge on any atom is -0.394 e. The van der Waals surface area contributed by atoms with Crippen molar-refractivity contribution < 1.29 is 82.2 Å². The first kappa shape index (κ1) is 58.2. The Kier molecular flexibility index (Phi) is 18.4. The number of aliphatic hydroxyl groups excluding tert-OH is 4. The molecular weight excluding hydrogens is 1090 g/mol. The molecule has 436 valence electrons. The van der Waals surface area contributed by atoms with Crippen LogP contribution in [0.5, 0.6) is 0 Å². The highest BCUT2D eigenvalue weighted by Gasteiger charge is 2.61. The number of carbonyl (C=O) groups excluding carboxylic acids is 4. The van der Waals surface area contributed by atoms with E-state index < -0.39 is 122 Å². The molecule has 0 aromatic heterocycles. The zero-order chi connectivity index (χ0) is 58.3. The molecule has 15 atom stereocenters. The molecule has 3 saturated heterocycles. The fourth-order valence-electron chi connectivity index (χ4n) is 11.3. The predicted octanol–water partition coefficient (Wildman–Crippen LogP) is 5.25. The Balaban J connectivity index is 1.07. The summed E-state index contributed by atoms with van der Waals surface area (Å²) < 4.78 is 60.5. The third-order valence-corrected chi connectivity index (χ3v) is 15.4. The number of aliphatic hydroxyl groups is 4. The van der Waals surface area contributed by atoms with Crippen molar-refractivity contribution in [1.29, 1.82) is 0 Å². The van der Waals surface area contributed by atoms with Crippen LogP contribution in [0.15, 0.2) is 175 Å². The molecule has 5 heterocycles. The van der Waals surface area contributed by atoms with Crippen LogP contribution in [0.2, 0.25) is 0 Å². The molecule has 0 aliphatic carbocycles. The number of amides is 4. The largest absolute Gasteiger partial charge is 0.394 e. The predicted molar refractivity (Wildman–Crippen MR) is 294 cm³/mol. The van der Waals surface area contributed by atoms with Crippen LogP contribution in [-0.4, -0.2) is 166 Å². The van der Waals surface area contributed by atoms with Crippen molar-refractivity contribution in [2.45, 2.75) is 118 Å². The highest BCUT2D eigenvalue weighted by atomic mass is 16.8. The van der Waals surface area contributed by atoms with E-state index in [2.05, 4.69) is 10.0 Å². The molecular formula is C62H61N5O17. The van der Waals surface area contributed by atoms with Crippen LogP contribution in [0.25, 0.3) is 10.4 Å². The molecule has 22 nitrogen and oxygen atoms in total. The highest BCUT2D eigenvalue weighted by molar-refractivity contribution is 6.22. The topological polar surface area (TPSA) is 288 Å². The number of imide groups is 2. The molecule has 0 unspecified atom stereocenters. The van der Waals surface area contributed by atoms with Gasteiger partial charge < -0.3 is 63.1 Å². The monoisotopic (exact) mass is 1150 g/mol. The van der Waals surface area contributed by atoms with Gasteiger partial charge in [-0.25, -0.2) is 0 Å². The number of benzene rings is 6. The summed E-state index contributed by atoms with van der Waals surface area (Å²) in [5.74, 6) is -3.07. The summed E-state index contributed by atoms with van der Waals surface area (Å²) in [6, 6.07) is 45.4. The summed E-state index contributed by atoms with van der Waals surface area (Å²) >= 11 is 0. The first-order chi connectivity index (χ1) is 41.0. The molecule has 0 radical (unpaired) electrons. The molecule has 6 aromatic rings. The van der Waals surface area contributed by atoms with Crippen LogP contribution in [-0.2, 0) is 69.1 Å². The van der Waals surface area contributed by atoms with Gasteiger partial charge in [0.1, 0.15) is 73.1 Å². The Bertz CT molecular complexity index is 3220. The average molecular weight is 1150 g/mol. The summed E-state index contributed by atoms with van der Waals surface area (Å²) in [6.07, 6.45) is -21.2. The van der Waals surface area contributed by atoms with Crippen LogP contribution in [0.1, 0.15) is 63.7 Å². The summed E-state index contributed by atoms with van der Waals surface area (Å²) in [5.41, 5.74) is 13.3. The van der Waals surface area contributed by atoms with Gasteiger partial charge in [0, 0.05) is 4.91 Å². The number of fused-ring (bicyclic) bond motifs is 2. The second-order valence-electron chi connectivity index (χ2n) is 20.8. The van der Waals surface area contributed by atoms with Crippen LogP contribution >= 0.6 is 0 Å². The van der Waals surface area contributed by atoms with Crippen molar-refractivity contribution in [1.82, 2.24) is 9.80 Å². The summed E-state index contributed by atoms with van der Waals surface area (Å²) in [4.78, 5) is 64.8. The van der Waals surface area contributed by atoms with Crippen molar-refractivity contribution in [3.63, 3.8) is 0 Å². The normalized spacial score (nSPS) is 29.4. The smallest absolute Gasteiger partial charge is 0.262 e. The van der Waals surface area contributed by atoms with Gasteiger partial charge in [0.15, 0.2) is 18.8 Å². The molecule has 4 N–H and O–H groups in total. The number of rotatable bonds is 22. The first-order valence-corrected chi connectivity index (χ1v) is 27.5. The second-order valence-corrected chi connectivity index (χ2v) is 20.8. The van der Waals surface area contributed by atoms with E-state index in [0.29, 0.717) is 11.1 Å². The van der Waals surface area contributed by atoms with Crippen molar-refractivity contribution in [2.24, 2.45) is 5.11 Å². The van der Waals surface area contributed by atoms with Gasteiger partial charge in [0.2, 0.25) is 0 Å². The molecule has 22 heteroatoms. The van der Waals surface area contributed by atoms with Crippen LogP contribution < -0.4 is 0 Å². The summed E-state index contributed by atoms with van der Waals surface area (Å²) in [5, 5.41) is 48.0. The standard InChI is InChI=1S/C62H61N5O17/c63-65-64-56-47(66-57(72)40-25-13-14-26-41(40)58(66)73)54(78-32-38-21-9-3-10-22-38)52(45(80-56)34-76-30-36-17-5-1-6-18-36)83-61-48(67-59(74)42-27-15-16-28-43(42)60(67)75)55(79-33-39-23-11-4-12-24-39)53(46(82-61)35-77-31-37-19-7-2-8-20-37)84-62-51(71)50(70)49(69)44(29-68)81-62/h1-28,44-56,61-62,68-71H,29-35H2/t44-,45-,46-,47-,48-,49+,50+,51-,52-,53-,54-,55-,56-,61+,62+/m1/s1. The second kappa shape index (κ2) is 26.5. The first-order valence-electron chi connectivity index (χ1n) is 27.5. The number of nitrogens with zero attached hydrogens (tertiary/aromatic N) is 5. The minimum atomic E-state index is -1.95. The molecule has 4 amide bonds. The maximum atomic E-state index is 15.2. The van der Waals surface area contributed by atoms with Crippen LogP contribution in [0, 0.1) is 0 Å². The number of azide groups is 1. The minimum absolute atomic E-state index is 0.0197. The molecule has 3 fully saturated rings. The van der Waals surface area contributed by atoms with Gasteiger partial charge in [-0.2, -0.15) is 0 Å². The van der Waals surface area contributed by atoms with E-state index in [-0.39, 0.29) is 61.9 Å². The lowest BCUT2D eigenvalue weighted by Gasteiger charge is -2.52. The molecule has 5 aliphatic heterocycles. The highest BCUT2D eigenvalue weighted by Crippen LogP contribution is 2.42. The lowest BCUT2D eigenvalue weighted by Crippen LogP contribution is -2.71. The van der Waals surface area contributed by atoms with Crippen molar-refractivity contribution in [2.75, 3.05) is 19.8 Å². The molecule has 5 aliphatic rings. The Morgan fingerprint density at radius 2 is 0.810 bits per heavy atom. The van der Waals surface area contributed by atoms with Gasteiger partial charge in [-0.05, 0) is 52.1 Å². The molecule has 0 bridgehead atoms. The Labute approximate surface area is 482 Å². The van der Waals surface area contributed by atoms with Crippen molar-refractivity contribution in [3.8, 4) is 0 Å². The molecule has 0 spiro atoms. The van der Waals surface area contributed by atoms with Crippen molar-refractivity contribution in [3.05, 3.63) is 225 Å². The summed E-state index contributed by atoms with van der Waals surface area (Å²) in [7, 11) is 0. The van der Waals surface area contributed by atoms with Gasteiger partial charge in [0.25, 0.3) is 23.6 Å². The van der Waals surface area contributed by atoms with E-state index >= 15 is 9.59 Å². The molecule has 6 aromatic carbocycles. The van der Waals surface area contributed by atoms with Crippen LogP contribution in [0.3, 0.4) is 0 Å². The van der Waals surface area contributed by atoms with Gasteiger partial charge in [0.05, 0.1) is 68.5 Å². The van der Waals surface area contributed by atoms with Crippen LogP contribution in [0.4, 0.5) is 0 Å². The maximum absolute atomic E-state index is 15.2. The van der Waals surface area contributed by atoms with E-state index in [1.165, 1.54) is 24.3 Å². The van der Waals surface area contributed by atoms with E-state index in [9.17, 15) is 35.5 Å². The van der Waals surface area contributed by atoms with E-state index in [1.807, 2.05) is 66.7 Å². The number of carbonyl (C=O) groups is 4. The van der Waals surface area contributed by atoms with Gasteiger partial charge in [-0.1, -0.05) is 151 Å². The Morgan fingerprint density at radius 1 is 0.440 bits per heavy atom. The number of hydrogen-bond donors (Lipinski definition) is 4. The fraction of sp³-hybridized carbons (Fsp3) is 0.355. The fourth-order valence-corrected chi connectivity index (χ4v) is 11.3. The van der Waals surface area contributed by atoms with E-state index in [1.54, 1.807) is 78.9 Å². The zero-order valence-corrected chi connectivity index (χ0v) is 45.1. The van der Waals surface area contributed by atoms with E-state index in [4.69, 9.17) is 42.6 Å². The van der Waals surface area contributed by atoms with Crippen molar-refractivity contribution >= 4 is 23.6 Å². The maximum Gasteiger partial charge on any atom is 0.262 e. The third kappa shape index (κ3) is 12.2. The van der Waals surface area contributed by atoms with Gasteiger partial charge in [-0.15, -0.1) is 0 Å². The average Bonchev–Trinajstić information content (AvgIpc) is 1.69. The zero-order valence-electron chi connectivity index (χ0n) is 45.1. The molecule has 0 saturated carbocycles. The lowest BCUT2D eigenvalue weighted by atomic mass is 9.92. The van der Waals surface area contributed by atoms with Gasteiger partial charge in [-0.3, -0.25) is 29.0 Å². The Morgan fingerprint density at radius 3 is 1.24 bits per heavy atom. The molecule has 11 rings (SSSR count). The Hall–Kier alpha value is -7.61. The SMILES string of the molecule is [N-]=[N+]=N[C@@H]1O[C@H](COCc2ccccc2)[C@@H](O[C@@H]2O[C@H](COCc3ccccc3)[C@@H](O[C@@H]3O[C@H](CO)[C@H](O)[C@H](O)[C@H]3O)[C@H](OCc3ccccc3)[C@H]2N2C(=O)c3ccccc3C2=O)[C@H](OCc2ccccc2)[C@H]1N1C(=O)c2ccccc2C1=O. The van der Waals surface area contributed by atoms with E-state index in [0.717, 1.165) is 20.9 Å². The van der Waals surface area contributed by atoms with Gasteiger partial charge >= 0.3 is 0 Å². The number of hydrogen-bond acceptors (Lipinski definition) is 18. The quantitative estimate of drug-likeness (QED) is 0.0292. The number of ether oxygens (including phenoxy) is 9. The molecule has 84 heavy (non-hydrogen) atoms. The summed E-state index contributed by atoms with van der Waals surface area (Å²) in [6.45, 7) is -1.79.